The van der Waals surface area contributed by atoms with Crippen LogP contribution in [0.2, 0.25) is 0 Å². The van der Waals surface area contributed by atoms with E-state index in [-0.39, 0.29) is 12.1 Å². The molecule has 0 amide bonds. The first-order valence-electron chi connectivity index (χ1n) is 7.96. The molecule has 0 saturated heterocycles. The maximum absolute atomic E-state index is 13.8. The average molecular weight is 339 g/mol. The minimum atomic E-state index is -0.617. The van der Waals surface area contributed by atoms with Crippen LogP contribution in [0.15, 0.2) is 43.1 Å². The van der Waals surface area contributed by atoms with Crippen molar-refractivity contribution in [1.29, 1.82) is 0 Å². The van der Waals surface area contributed by atoms with Crippen molar-refractivity contribution in [3.8, 4) is 11.4 Å². The lowest BCUT2D eigenvalue weighted by atomic mass is 10.1. The lowest BCUT2D eigenvalue weighted by molar-refractivity contribution is 0.235. The van der Waals surface area contributed by atoms with Gasteiger partial charge in [0.25, 0.3) is 0 Å². The maximum atomic E-state index is 13.8. The van der Waals surface area contributed by atoms with Crippen molar-refractivity contribution in [2.24, 2.45) is 0 Å². The molecule has 0 fully saturated rings. The van der Waals surface area contributed by atoms with E-state index >= 15 is 0 Å². The minimum absolute atomic E-state index is 0.0475. The number of nitrogens with zero attached hydrogens (tertiary/aromatic N) is 5. The Balaban J connectivity index is 1.54. The molecule has 4 heterocycles. The molecular weight excluding hydrogens is 324 g/mol. The third-order valence-electron chi connectivity index (χ3n) is 4.27. The van der Waals surface area contributed by atoms with Crippen molar-refractivity contribution in [3.05, 3.63) is 71.6 Å². The Hall–Kier alpha value is -2.80. The molecule has 0 spiro atoms. The van der Waals surface area contributed by atoms with Gasteiger partial charge in [-0.3, -0.25) is 14.9 Å². The molecule has 0 aliphatic carbocycles. The van der Waals surface area contributed by atoms with Crippen LogP contribution < -0.4 is 0 Å². The third-order valence-corrected chi connectivity index (χ3v) is 4.27. The molecular formula is C18H15F2N5. The van der Waals surface area contributed by atoms with E-state index in [1.165, 1.54) is 0 Å². The lowest BCUT2D eigenvalue weighted by Crippen LogP contribution is -2.31. The van der Waals surface area contributed by atoms with Crippen LogP contribution in [-0.2, 0) is 19.5 Å². The van der Waals surface area contributed by atoms with Crippen molar-refractivity contribution in [3.63, 3.8) is 0 Å². The van der Waals surface area contributed by atoms with Gasteiger partial charge >= 0.3 is 0 Å². The van der Waals surface area contributed by atoms with Crippen molar-refractivity contribution in [1.82, 2.24) is 24.8 Å². The molecule has 1 aliphatic heterocycles. The topological polar surface area (TPSA) is 54.8 Å². The number of hydrogen-bond acceptors (Lipinski definition) is 5. The van der Waals surface area contributed by atoms with Crippen LogP contribution in [0.1, 0.15) is 16.8 Å². The number of pyridine rings is 2. The Labute approximate surface area is 143 Å². The highest BCUT2D eigenvalue weighted by Gasteiger charge is 2.21. The monoisotopic (exact) mass is 339 g/mol. The first kappa shape index (κ1) is 15.7. The molecule has 5 nitrogen and oxygen atoms in total. The Morgan fingerprint density at radius 1 is 1.04 bits per heavy atom. The van der Waals surface area contributed by atoms with Gasteiger partial charge in [-0.05, 0) is 12.1 Å². The average Bonchev–Trinajstić information content (AvgIpc) is 2.65. The molecule has 25 heavy (non-hydrogen) atoms. The summed E-state index contributed by atoms with van der Waals surface area (Å²) in [5, 5.41) is 0. The highest BCUT2D eigenvalue weighted by atomic mass is 19.1. The van der Waals surface area contributed by atoms with Gasteiger partial charge < -0.3 is 0 Å². The van der Waals surface area contributed by atoms with Crippen LogP contribution >= 0.6 is 0 Å². The molecule has 126 valence electrons. The van der Waals surface area contributed by atoms with Crippen LogP contribution in [0.3, 0.4) is 0 Å². The zero-order chi connectivity index (χ0) is 17.2. The van der Waals surface area contributed by atoms with Gasteiger partial charge in [0.05, 0.1) is 18.1 Å². The van der Waals surface area contributed by atoms with Gasteiger partial charge in [-0.1, -0.05) is 0 Å². The summed E-state index contributed by atoms with van der Waals surface area (Å²) in [6.07, 6.45) is 8.01. The van der Waals surface area contributed by atoms with E-state index in [0.29, 0.717) is 25.3 Å². The summed E-state index contributed by atoms with van der Waals surface area (Å²) in [6.45, 7) is 1.44. The fourth-order valence-electron chi connectivity index (χ4n) is 2.96. The predicted molar refractivity (Wildman–Crippen MR) is 87.2 cm³/mol. The summed E-state index contributed by atoms with van der Waals surface area (Å²) in [6, 6.07) is 3.76. The Kier molecular flexibility index (Phi) is 4.15. The number of fused-ring (bicyclic) bond motifs is 1. The summed E-state index contributed by atoms with van der Waals surface area (Å²) in [4.78, 5) is 18.6. The fourth-order valence-corrected chi connectivity index (χ4v) is 2.96. The SMILES string of the molecule is Fc1cncc(F)c1CN1CCc2nc(-c3cccnc3)ncc2C1. The summed E-state index contributed by atoms with van der Waals surface area (Å²) >= 11 is 0. The first-order chi connectivity index (χ1) is 12.2. The van der Waals surface area contributed by atoms with E-state index in [0.717, 1.165) is 29.2 Å². The molecule has 0 aromatic carbocycles. The lowest BCUT2D eigenvalue weighted by Gasteiger charge is -2.28. The standard InChI is InChI=1S/C18H15F2N5/c19-15-8-22-9-16(20)14(15)11-25-5-3-17-13(10-25)7-23-18(24-17)12-2-1-4-21-6-12/h1-2,4,6-9H,3,5,10-11H2. The van der Waals surface area contributed by atoms with E-state index in [4.69, 9.17) is 0 Å². The third kappa shape index (κ3) is 3.23. The number of rotatable bonds is 3. The second-order valence-electron chi connectivity index (χ2n) is 5.95. The Morgan fingerprint density at radius 2 is 1.88 bits per heavy atom. The van der Waals surface area contributed by atoms with E-state index in [2.05, 4.69) is 19.9 Å². The zero-order valence-corrected chi connectivity index (χ0v) is 13.4. The normalized spacial score (nSPS) is 14.3. The number of halogens is 2. The maximum Gasteiger partial charge on any atom is 0.160 e. The molecule has 0 unspecified atom stereocenters. The molecule has 0 saturated carbocycles. The van der Waals surface area contributed by atoms with Gasteiger partial charge in [-0.15, -0.1) is 0 Å². The second-order valence-corrected chi connectivity index (χ2v) is 5.95. The van der Waals surface area contributed by atoms with Crippen LogP contribution in [0.5, 0.6) is 0 Å². The quantitative estimate of drug-likeness (QED) is 0.734. The van der Waals surface area contributed by atoms with Gasteiger partial charge in [0, 0.05) is 61.3 Å². The highest BCUT2D eigenvalue weighted by molar-refractivity contribution is 5.53. The summed E-state index contributed by atoms with van der Waals surface area (Å²) < 4.78 is 27.6. The molecule has 3 aromatic heterocycles. The fraction of sp³-hybridized carbons (Fsp3) is 0.222. The zero-order valence-electron chi connectivity index (χ0n) is 13.4. The Bertz CT molecular complexity index is 881. The van der Waals surface area contributed by atoms with Gasteiger partial charge in [0.1, 0.15) is 11.6 Å². The van der Waals surface area contributed by atoms with E-state index in [9.17, 15) is 8.78 Å². The van der Waals surface area contributed by atoms with Crippen LogP contribution in [0.25, 0.3) is 11.4 Å². The first-order valence-corrected chi connectivity index (χ1v) is 7.96. The van der Waals surface area contributed by atoms with E-state index in [1.54, 1.807) is 18.6 Å². The Morgan fingerprint density at radius 3 is 2.64 bits per heavy atom. The molecule has 0 radical (unpaired) electrons. The van der Waals surface area contributed by atoms with E-state index in [1.807, 2.05) is 17.0 Å². The van der Waals surface area contributed by atoms with Gasteiger partial charge in [0.2, 0.25) is 0 Å². The number of aromatic nitrogens is 4. The summed E-state index contributed by atoms with van der Waals surface area (Å²) in [5.74, 6) is -0.588. The van der Waals surface area contributed by atoms with Crippen molar-refractivity contribution in [2.75, 3.05) is 6.54 Å². The van der Waals surface area contributed by atoms with Crippen LogP contribution in [0.4, 0.5) is 8.78 Å². The van der Waals surface area contributed by atoms with Crippen LogP contribution in [0, 0.1) is 11.6 Å². The smallest absolute Gasteiger partial charge is 0.160 e. The summed E-state index contributed by atoms with van der Waals surface area (Å²) in [5.41, 5.74) is 2.87. The van der Waals surface area contributed by atoms with Gasteiger partial charge in [-0.25, -0.2) is 18.7 Å². The highest BCUT2D eigenvalue weighted by Crippen LogP contribution is 2.22. The molecule has 3 aromatic rings. The van der Waals surface area contributed by atoms with Crippen LogP contribution in [-0.4, -0.2) is 31.4 Å². The molecule has 0 bridgehead atoms. The second kappa shape index (κ2) is 6.60. The molecule has 1 aliphatic rings. The van der Waals surface area contributed by atoms with E-state index < -0.39 is 11.6 Å². The van der Waals surface area contributed by atoms with Gasteiger partial charge in [-0.2, -0.15) is 0 Å². The molecule has 7 heteroatoms. The molecule has 0 atom stereocenters. The van der Waals surface area contributed by atoms with Crippen molar-refractivity contribution < 1.29 is 8.78 Å². The molecule has 0 N–H and O–H groups in total. The van der Waals surface area contributed by atoms with Gasteiger partial charge in [0.15, 0.2) is 5.82 Å². The summed E-state index contributed by atoms with van der Waals surface area (Å²) in [7, 11) is 0. The number of hydrogen-bond donors (Lipinski definition) is 0. The largest absolute Gasteiger partial charge is 0.294 e. The minimum Gasteiger partial charge on any atom is -0.294 e. The van der Waals surface area contributed by atoms with Crippen molar-refractivity contribution >= 4 is 0 Å². The molecule has 4 rings (SSSR count). The predicted octanol–water partition coefficient (Wildman–Crippen LogP) is 2.77. The van der Waals surface area contributed by atoms with Crippen molar-refractivity contribution in [2.45, 2.75) is 19.5 Å².